The van der Waals surface area contributed by atoms with Crippen molar-refractivity contribution in [3.63, 3.8) is 0 Å². The van der Waals surface area contributed by atoms with Crippen molar-refractivity contribution >= 4 is 15.9 Å². The Bertz CT molecular complexity index is 356. The predicted molar refractivity (Wildman–Crippen MR) is 54.9 cm³/mol. The van der Waals surface area contributed by atoms with Gasteiger partial charge in [0, 0.05) is 6.54 Å². The number of nitrogens with one attached hydrogen (secondary N) is 1. The summed E-state index contributed by atoms with van der Waals surface area (Å²) in [4.78, 5) is 11.3. The first-order valence-corrected chi connectivity index (χ1v) is 6.17. The molecule has 0 saturated heterocycles. The molecule has 86 valence electrons. The molecule has 0 aromatic carbocycles. The van der Waals surface area contributed by atoms with Crippen molar-refractivity contribution < 1.29 is 13.2 Å². The Morgan fingerprint density at radius 2 is 2.07 bits per heavy atom. The van der Waals surface area contributed by atoms with Crippen LogP contribution < -0.4 is 10.5 Å². The lowest BCUT2D eigenvalue weighted by molar-refractivity contribution is -0.124. The highest BCUT2D eigenvalue weighted by Gasteiger charge is 2.21. The maximum absolute atomic E-state index is 11.3. The van der Waals surface area contributed by atoms with Crippen molar-refractivity contribution in [3.05, 3.63) is 0 Å². The third-order valence-corrected chi connectivity index (χ3v) is 2.55. The van der Waals surface area contributed by atoms with E-state index in [-0.39, 0.29) is 18.2 Å². The lowest BCUT2D eigenvalue weighted by Gasteiger charge is -2.12. The van der Waals surface area contributed by atoms with Crippen molar-refractivity contribution in [1.29, 1.82) is 5.26 Å². The first kappa shape index (κ1) is 13.9. The molecule has 1 atom stereocenters. The van der Waals surface area contributed by atoms with E-state index in [1.54, 1.807) is 13.8 Å². The van der Waals surface area contributed by atoms with Gasteiger partial charge in [-0.05, 0) is 5.92 Å². The Labute approximate surface area is 89.5 Å². The second-order valence-corrected chi connectivity index (χ2v) is 5.24. The van der Waals surface area contributed by atoms with Crippen molar-refractivity contribution in [3.8, 4) is 6.07 Å². The van der Waals surface area contributed by atoms with Gasteiger partial charge in [-0.15, -0.1) is 0 Å². The molecule has 1 unspecified atom stereocenters. The molecule has 15 heavy (non-hydrogen) atoms. The molecule has 0 bridgehead atoms. The van der Waals surface area contributed by atoms with Gasteiger partial charge in [-0.2, -0.15) is 5.26 Å². The number of rotatable bonds is 5. The molecule has 0 saturated carbocycles. The number of nitrogens with two attached hydrogens (primary N) is 1. The quantitative estimate of drug-likeness (QED) is 0.646. The SMILES string of the molecule is CC(C)C(C#N)C(=O)NCCS(N)(=O)=O. The van der Waals surface area contributed by atoms with Crippen LogP contribution in [0.4, 0.5) is 0 Å². The van der Waals surface area contributed by atoms with Crippen molar-refractivity contribution in [2.24, 2.45) is 17.0 Å². The minimum atomic E-state index is -3.57. The molecule has 0 spiro atoms. The maximum Gasteiger partial charge on any atom is 0.237 e. The van der Waals surface area contributed by atoms with Crippen molar-refractivity contribution in [1.82, 2.24) is 5.32 Å². The molecule has 7 heteroatoms. The first-order chi connectivity index (χ1) is 6.78. The van der Waals surface area contributed by atoms with Crippen LogP contribution in [0, 0.1) is 23.2 Å². The summed E-state index contributed by atoms with van der Waals surface area (Å²) in [5.74, 6) is -1.65. The summed E-state index contributed by atoms with van der Waals surface area (Å²) in [6.45, 7) is 3.42. The molecule has 0 fully saturated rings. The molecule has 0 rings (SSSR count). The number of carbonyl (C=O) groups is 1. The van der Waals surface area contributed by atoms with E-state index >= 15 is 0 Å². The Hall–Kier alpha value is -1.13. The summed E-state index contributed by atoms with van der Waals surface area (Å²) in [5.41, 5.74) is 0. The molecule has 0 aliphatic heterocycles. The molecule has 0 aliphatic carbocycles. The first-order valence-electron chi connectivity index (χ1n) is 4.45. The van der Waals surface area contributed by atoms with Gasteiger partial charge in [0.05, 0.1) is 11.8 Å². The summed E-state index contributed by atoms with van der Waals surface area (Å²) in [7, 11) is -3.57. The molecule has 0 aromatic rings. The van der Waals surface area contributed by atoms with Gasteiger partial charge < -0.3 is 5.32 Å². The normalized spacial score (nSPS) is 13.3. The molecule has 0 aliphatic rings. The zero-order chi connectivity index (χ0) is 12.1. The molecule has 6 nitrogen and oxygen atoms in total. The highest BCUT2D eigenvalue weighted by atomic mass is 32.2. The van der Waals surface area contributed by atoms with E-state index in [0.29, 0.717) is 0 Å². The topological polar surface area (TPSA) is 113 Å². The van der Waals surface area contributed by atoms with Crippen LogP contribution in [0.2, 0.25) is 0 Å². The lowest BCUT2D eigenvalue weighted by atomic mass is 9.97. The van der Waals surface area contributed by atoms with Gasteiger partial charge in [-0.1, -0.05) is 13.8 Å². The van der Waals surface area contributed by atoms with Crippen LogP contribution in [0.1, 0.15) is 13.8 Å². The maximum atomic E-state index is 11.3. The standard InChI is InChI=1S/C8H15N3O3S/c1-6(2)7(5-9)8(12)11-3-4-15(10,13)14/h6-7H,3-4H2,1-2H3,(H,11,12)(H2,10,13,14). The van der Waals surface area contributed by atoms with Gasteiger partial charge in [0.1, 0.15) is 5.92 Å². The van der Waals surface area contributed by atoms with Crippen LogP contribution in [-0.4, -0.2) is 26.6 Å². The highest BCUT2D eigenvalue weighted by Crippen LogP contribution is 2.08. The van der Waals surface area contributed by atoms with E-state index in [9.17, 15) is 13.2 Å². The predicted octanol–water partition coefficient (Wildman–Crippen LogP) is -0.813. The van der Waals surface area contributed by atoms with E-state index < -0.39 is 21.8 Å². The van der Waals surface area contributed by atoms with Gasteiger partial charge >= 0.3 is 0 Å². The highest BCUT2D eigenvalue weighted by molar-refractivity contribution is 7.89. The van der Waals surface area contributed by atoms with Gasteiger partial charge in [0.15, 0.2) is 0 Å². The Morgan fingerprint density at radius 3 is 2.40 bits per heavy atom. The number of primary sulfonamides is 1. The second kappa shape index (κ2) is 5.68. The molecule has 0 heterocycles. The average Bonchev–Trinajstić information content (AvgIpc) is 2.01. The van der Waals surface area contributed by atoms with Crippen LogP contribution in [0.15, 0.2) is 0 Å². The Kier molecular flexibility index (Phi) is 5.25. The zero-order valence-corrected chi connectivity index (χ0v) is 9.54. The summed E-state index contributed by atoms with van der Waals surface area (Å²) < 4.78 is 21.1. The monoisotopic (exact) mass is 233 g/mol. The van der Waals surface area contributed by atoms with Crippen molar-refractivity contribution in [2.45, 2.75) is 13.8 Å². The van der Waals surface area contributed by atoms with Crippen LogP contribution in [0.25, 0.3) is 0 Å². The lowest BCUT2D eigenvalue weighted by Crippen LogP contribution is -2.36. The van der Waals surface area contributed by atoms with Crippen LogP contribution in [-0.2, 0) is 14.8 Å². The summed E-state index contributed by atoms with van der Waals surface area (Å²) in [6, 6.07) is 1.86. The average molecular weight is 233 g/mol. The number of nitriles is 1. The van der Waals surface area contributed by atoms with E-state index in [0.717, 1.165) is 0 Å². The summed E-state index contributed by atoms with van der Waals surface area (Å²) in [6.07, 6.45) is 0. The number of carbonyl (C=O) groups excluding carboxylic acids is 1. The van der Waals surface area contributed by atoms with Gasteiger partial charge in [-0.3, -0.25) is 4.79 Å². The van der Waals surface area contributed by atoms with Crippen LogP contribution >= 0.6 is 0 Å². The molecule has 0 radical (unpaired) electrons. The Morgan fingerprint density at radius 1 is 1.53 bits per heavy atom. The fourth-order valence-corrected chi connectivity index (χ4v) is 1.32. The zero-order valence-electron chi connectivity index (χ0n) is 8.73. The Balaban J connectivity index is 4.10. The summed E-state index contributed by atoms with van der Waals surface area (Å²) in [5, 5.41) is 15.8. The minimum Gasteiger partial charge on any atom is -0.354 e. The fourth-order valence-electron chi connectivity index (χ4n) is 0.937. The van der Waals surface area contributed by atoms with Crippen molar-refractivity contribution in [2.75, 3.05) is 12.3 Å². The van der Waals surface area contributed by atoms with Gasteiger partial charge in [0.25, 0.3) is 0 Å². The molecule has 1 amide bonds. The number of hydrogen-bond acceptors (Lipinski definition) is 4. The molecule has 0 aromatic heterocycles. The van der Waals surface area contributed by atoms with E-state index in [2.05, 4.69) is 5.32 Å². The van der Waals surface area contributed by atoms with Gasteiger partial charge in [0.2, 0.25) is 15.9 Å². The van der Waals surface area contributed by atoms with Crippen LogP contribution in [0.3, 0.4) is 0 Å². The number of nitrogens with zero attached hydrogens (tertiary/aromatic N) is 1. The van der Waals surface area contributed by atoms with E-state index in [4.69, 9.17) is 10.4 Å². The largest absolute Gasteiger partial charge is 0.354 e. The molecular formula is C8H15N3O3S. The smallest absolute Gasteiger partial charge is 0.237 e. The molecular weight excluding hydrogens is 218 g/mol. The third kappa shape index (κ3) is 6.04. The third-order valence-electron chi connectivity index (χ3n) is 1.77. The second-order valence-electron chi connectivity index (χ2n) is 3.51. The van der Waals surface area contributed by atoms with E-state index in [1.807, 2.05) is 6.07 Å². The van der Waals surface area contributed by atoms with Gasteiger partial charge in [-0.25, -0.2) is 13.6 Å². The fraction of sp³-hybridized carbons (Fsp3) is 0.750. The number of amides is 1. The number of sulfonamides is 1. The summed E-state index contributed by atoms with van der Waals surface area (Å²) >= 11 is 0. The van der Waals surface area contributed by atoms with E-state index in [1.165, 1.54) is 0 Å². The molecule has 3 N–H and O–H groups in total. The minimum absolute atomic E-state index is 0.0669. The number of hydrogen-bond donors (Lipinski definition) is 2. The van der Waals surface area contributed by atoms with Crippen LogP contribution in [0.5, 0.6) is 0 Å².